The van der Waals surface area contributed by atoms with Gasteiger partial charge in [-0.25, -0.2) is 4.39 Å². The summed E-state index contributed by atoms with van der Waals surface area (Å²) < 4.78 is 13.4. The summed E-state index contributed by atoms with van der Waals surface area (Å²) in [6.45, 7) is 3.42. The molecule has 0 saturated carbocycles. The second kappa shape index (κ2) is 8.48. The van der Waals surface area contributed by atoms with E-state index in [2.05, 4.69) is 10.3 Å². The van der Waals surface area contributed by atoms with Crippen LogP contribution in [0.1, 0.15) is 26.2 Å². The predicted octanol–water partition coefficient (Wildman–Crippen LogP) is 4.80. The zero-order valence-corrected chi connectivity index (χ0v) is 17.4. The van der Waals surface area contributed by atoms with Gasteiger partial charge >= 0.3 is 0 Å². The van der Waals surface area contributed by atoms with Crippen molar-refractivity contribution in [3.63, 3.8) is 0 Å². The van der Waals surface area contributed by atoms with Gasteiger partial charge in [0, 0.05) is 41.5 Å². The van der Waals surface area contributed by atoms with Crippen molar-refractivity contribution in [1.82, 2.24) is 9.88 Å². The minimum atomic E-state index is -0.420. The monoisotopic (exact) mass is 427 g/mol. The number of aromatic amines is 1. The van der Waals surface area contributed by atoms with E-state index >= 15 is 0 Å². The first-order valence-electron chi connectivity index (χ1n) is 10.1. The molecule has 1 atom stereocenters. The van der Waals surface area contributed by atoms with Gasteiger partial charge < -0.3 is 15.2 Å². The topological polar surface area (TPSA) is 65.2 Å². The van der Waals surface area contributed by atoms with E-state index in [1.165, 1.54) is 18.6 Å². The van der Waals surface area contributed by atoms with Crippen LogP contribution in [0, 0.1) is 5.82 Å². The van der Waals surface area contributed by atoms with Gasteiger partial charge in [0.25, 0.3) is 5.56 Å². The number of carbonyl (C=O) groups excluding carboxylic acids is 1. The van der Waals surface area contributed by atoms with Gasteiger partial charge in [0.15, 0.2) is 0 Å². The van der Waals surface area contributed by atoms with Crippen LogP contribution in [0.25, 0.3) is 21.9 Å². The van der Waals surface area contributed by atoms with Crippen LogP contribution < -0.4 is 10.9 Å². The average Bonchev–Trinajstić information content (AvgIpc) is 2.75. The Balaban J connectivity index is 1.65. The van der Waals surface area contributed by atoms with Crippen LogP contribution in [0.3, 0.4) is 0 Å². The van der Waals surface area contributed by atoms with Gasteiger partial charge in [-0.3, -0.25) is 9.59 Å². The van der Waals surface area contributed by atoms with Crippen molar-refractivity contribution in [2.45, 2.75) is 32.2 Å². The van der Waals surface area contributed by atoms with Gasteiger partial charge in [0.2, 0.25) is 5.91 Å². The van der Waals surface area contributed by atoms with Crippen LogP contribution in [-0.2, 0) is 4.79 Å². The molecule has 1 amide bonds. The van der Waals surface area contributed by atoms with Gasteiger partial charge in [-0.15, -0.1) is 0 Å². The van der Waals surface area contributed by atoms with Crippen molar-refractivity contribution < 1.29 is 9.18 Å². The summed E-state index contributed by atoms with van der Waals surface area (Å²) in [5.74, 6) is -0.355. The van der Waals surface area contributed by atoms with Crippen molar-refractivity contribution in [2.24, 2.45) is 0 Å². The number of halogens is 2. The second-order valence-corrected chi connectivity index (χ2v) is 8.08. The van der Waals surface area contributed by atoms with E-state index < -0.39 is 11.9 Å². The third-order valence-corrected chi connectivity index (χ3v) is 5.86. The predicted molar refractivity (Wildman–Crippen MR) is 118 cm³/mol. The Morgan fingerprint density at radius 2 is 1.87 bits per heavy atom. The largest absolute Gasteiger partial charge is 0.374 e. The number of benzene rings is 2. The molecule has 1 fully saturated rings. The highest BCUT2D eigenvalue weighted by atomic mass is 35.5. The number of nitrogens with one attached hydrogen (secondary N) is 2. The summed E-state index contributed by atoms with van der Waals surface area (Å²) in [5, 5.41) is 4.66. The fraction of sp³-hybridized carbons (Fsp3) is 0.304. The molecule has 1 aliphatic heterocycles. The molecule has 7 heteroatoms. The SMILES string of the molecule is CC(Nc1ccc2c(-c3ccc(F)cc3Cl)c[nH]c(=O)c2c1)C(=O)N1CCCCC1. The first-order valence-corrected chi connectivity index (χ1v) is 10.5. The molecule has 0 bridgehead atoms. The second-order valence-electron chi connectivity index (χ2n) is 7.67. The summed E-state index contributed by atoms with van der Waals surface area (Å²) in [6.07, 6.45) is 4.83. The van der Waals surface area contributed by atoms with E-state index in [1.807, 2.05) is 24.0 Å². The van der Waals surface area contributed by atoms with E-state index in [9.17, 15) is 14.0 Å². The first kappa shape index (κ1) is 20.4. The molecule has 0 spiro atoms. The van der Waals surface area contributed by atoms with Crippen LogP contribution in [-0.4, -0.2) is 34.9 Å². The number of anilines is 1. The maximum Gasteiger partial charge on any atom is 0.255 e. The highest BCUT2D eigenvalue weighted by Crippen LogP contribution is 2.33. The maximum atomic E-state index is 13.4. The van der Waals surface area contributed by atoms with Gasteiger partial charge in [-0.1, -0.05) is 17.7 Å². The number of amides is 1. The van der Waals surface area contributed by atoms with Crippen molar-refractivity contribution in [3.8, 4) is 11.1 Å². The van der Waals surface area contributed by atoms with E-state index in [4.69, 9.17) is 11.6 Å². The van der Waals surface area contributed by atoms with Gasteiger partial charge in [-0.05, 0) is 61.9 Å². The Bertz CT molecular complexity index is 1150. The fourth-order valence-electron chi connectivity index (χ4n) is 3.98. The van der Waals surface area contributed by atoms with Gasteiger partial charge in [0.1, 0.15) is 11.9 Å². The summed E-state index contributed by atoms with van der Waals surface area (Å²) in [7, 11) is 0. The Labute approximate surface area is 178 Å². The molecule has 1 saturated heterocycles. The van der Waals surface area contributed by atoms with Gasteiger partial charge in [-0.2, -0.15) is 0 Å². The number of carbonyl (C=O) groups is 1. The number of fused-ring (bicyclic) bond motifs is 1. The number of pyridine rings is 1. The molecule has 2 N–H and O–H groups in total. The molecule has 0 aliphatic carbocycles. The highest BCUT2D eigenvalue weighted by Gasteiger charge is 2.22. The smallest absolute Gasteiger partial charge is 0.255 e. The standard InChI is InChI=1S/C23H23ClFN3O2/c1-14(23(30)28-9-3-2-4-10-28)27-16-6-8-17-19(12-16)22(29)26-13-20(17)18-7-5-15(25)11-21(18)24/h5-8,11-14,27H,2-4,9-10H2,1H3,(H,26,29). The van der Waals surface area contributed by atoms with Gasteiger partial charge in [0.05, 0.1) is 5.02 Å². The Kier molecular flexibility index (Phi) is 5.77. The third kappa shape index (κ3) is 4.05. The number of aromatic nitrogens is 1. The molecule has 5 nitrogen and oxygen atoms in total. The van der Waals surface area contributed by atoms with Crippen molar-refractivity contribution in [3.05, 3.63) is 63.8 Å². The number of nitrogens with zero attached hydrogens (tertiary/aromatic N) is 1. The van der Waals surface area contributed by atoms with Crippen molar-refractivity contribution in [2.75, 3.05) is 18.4 Å². The minimum Gasteiger partial charge on any atom is -0.374 e. The van der Waals surface area contributed by atoms with E-state index in [0.717, 1.165) is 25.9 Å². The minimum absolute atomic E-state index is 0.0653. The molecule has 156 valence electrons. The van der Waals surface area contributed by atoms with Crippen LogP contribution in [0.2, 0.25) is 5.02 Å². The molecule has 3 aromatic rings. The number of hydrogen-bond acceptors (Lipinski definition) is 3. The van der Waals surface area contributed by atoms with Crippen molar-refractivity contribution in [1.29, 1.82) is 0 Å². The highest BCUT2D eigenvalue weighted by molar-refractivity contribution is 6.33. The van der Waals surface area contributed by atoms with Crippen LogP contribution >= 0.6 is 11.6 Å². The lowest BCUT2D eigenvalue weighted by Gasteiger charge is -2.29. The summed E-state index contributed by atoms with van der Waals surface area (Å²) in [5.41, 5.74) is 1.78. The summed E-state index contributed by atoms with van der Waals surface area (Å²) in [6, 6.07) is 9.17. The Hall–Kier alpha value is -2.86. The molecule has 1 aliphatic rings. The van der Waals surface area contributed by atoms with Crippen molar-refractivity contribution >= 4 is 34.0 Å². The van der Waals surface area contributed by atoms with Crippen LogP contribution in [0.15, 0.2) is 47.4 Å². The average molecular weight is 428 g/mol. The number of H-pyrrole nitrogens is 1. The third-order valence-electron chi connectivity index (χ3n) is 5.54. The zero-order valence-electron chi connectivity index (χ0n) is 16.7. The molecule has 0 radical (unpaired) electrons. The molecule has 2 heterocycles. The lowest BCUT2D eigenvalue weighted by atomic mass is 10.00. The number of hydrogen-bond donors (Lipinski definition) is 2. The zero-order chi connectivity index (χ0) is 21.3. The quantitative estimate of drug-likeness (QED) is 0.628. The molecule has 4 rings (SSSR count). The lowest BCUT2D eigenvalue weighted by Crippen LogP contribution is -2.43. The number of piperidine rings is 1. The summed E-state index contributed by atoms with van der Waals surface area (Å²) in [4.78, 5) is 29.8. The van der Waals surface area contributed by atoms with E-state index in [-0.39, 0.29) is 16.5 Å². The summed E-state index contributed by atoms with van der Waals surface area (Å²) >= 11 is 6.23. The van der Waals surface area contributed by atoms with E-state index in [0.29, 0.717) is 27.6 Å². The molecule has 1 aromatic heterocycles. The lowest BCUT2D eigenvalue weighted by molar-refractivity contribution is -0.132. The number of rotatable bonds is 4. The maximum absolute atomic E-state index is 13.4. The molecular formula is C23H23ClFN3O2. The normalized spacial score (nSPS) is 15.2. The first-order chi connectivity index (χ1) is 14.4. The molecule has 30 heavy (non-hydrogen) atoms. The Morgan fingerprint density at radius 1 is 1.10 bits per heavy atom. The van der Waals surface area contributed by atoms with Crippen LogP contribution in [0.5, 0.6) is 0 Å². The molecular weight excluding hydrogens is 405 g/mol. The van der Waals surface area contributed by atoms with Crippen LogP contribution in [0.4, 0.5) is 10.1 Å². The fourth-order valence-corrected chi connectivity index (χ4v) is 4.25. The number of likely N-dealkylation sites (tertiary alicyclic amines) is 1. The Morgan fingerprint density at radius 3 is 2.60 bits per heavy atom. The molecule has 1 unspecified atom stereocenters. The van der Waals surface area contributed by atoms with E-state index in [1.54, 1.807) is 18.3 Å². The molecule has 2 aromatic carbocycles.